The van der Waals surface area contributed by atoms with Gasteiger partial charge in [-0.3, -0.25) is 4.21 Å². The van der Waals surface area contributed by atoms with Crippen LogP contribution in [0.3, 0.4) is 0 Å². The summed E-state index contributed by atoms with van der Waals surface area (Å²) in [6.07, 6.45) is 3.54. The first-order chi connectivity index (χ1) is 8.15. The maximum Gasteiger partial charge on any atom is 0.126 e. The van der Waals surface area contributed by atoms with Crippen molar-refractivity contribution in [1.82, 2.24) is 4.98 Å². The number of nitrogens with one attached hydrogen (secondary N) is 1. The van der Waals surface area contributed by atoms with Crippen LogP contribution in [0.4, 0.5) is 5.82 Å². The summed E-state index contributed by atoms with van der Waals surface area (Å²) in [5, 5.41) is 3.34. The first-order valence-corrected chi connectivity index (χ1v) is 7.42. The van der Waals surface area contributed by atoms with Gasteiger partial charge in [0.25, 0.3) is 0 Å². The molecule has 1 aromatic heterocycles. The number of aromatic nitrogens is 1. The van der Waals surface area contributed by atoms with Gasteiger partial charge in [-0.05, 0) is 25.0 Å². The summed E-state index contributed by atoms with van der Waals surface area (Å²) < 4.78 is 11.2. The van der Waals surface area contributed by atoms with E-state index in [1.807, 2.05) is 12.1 Å². The molecule has 0 amide bonds. The third kappa shape index (κ3) is 3.47. The van der Waals surface area contributed by atoms with Crippen molar-refractivity contribution in [2.75, 3.05) is 16.8 Å². The summed E-state index contributed by atoms with van der Waals surface area (Å²) in [7, 11) is -0.623. The van der Waals surface area contributed by atoms with Crippen molar-refractivity contribution in [1.29, 1.82) is 0 Å². The Bertz CT molecular complexity index is 423. The van der Waals surface area contributed by atoms with Crippen LogP contribution in [0, 0.1) is 0 Å². The molecule has 2 rings (SSSR count). The van der Waals surface area contributed by atoms with Gasteiger partial charge < -0.3 is 11.1 Å². The largest absolute Gasteiger partial charge is 0.389 e. The highest BCUT2D eigenvalue weighted by Crippen LogP contribution is 2.14. The van der Waals surface area contributed by atoms with Crippen LogP contribution in [-0.4, -0.2) is 31.7 Å². The van der Waals surface area contributed by atoms with E-state index in [1.54, 1.807) is 6.20 Å². The first-order valence-electron chi connectivity index (χ1n) is 5.52. The fraction of sp³-hybridized carbons (Fsp3) is 0.455. The van der Waals surface area contributed by atoms with Crippen molar-refractivity contribution in [3.63, 3.8) is 0 Å². The minimum atomic E-state index is -0.623. The SMILES string of the molecule is NC(=S)c1ccc(NC2CCS(=O)CC2)nc1. The molecule has 0 saturated carbocycles. The van der Waals surface area contributed by atoms with Crippen molar-refractivity contribution in [2.24, 2.45) is 5.73 Å². The molecule has 17 heavy (non-hydrogen) atoms. The Morgan fingerprint density at radius 1 is 1.47 bits per heavy atom. The molecule has 92 valence electrons. The van der Waals surface area contributed by atoms with Crippen LogP contribution in [0.25, 0.3) is 0 Å². The van der Waals surface area contributed by atoms with Gasteiger partial charge in [-0.1, -0.05) is 12.2 Å². The summed E-state index contributed by atoms with van der Waals surface area (Å²) in [6, 6.07) is 4.11. The molecule has 4 nitrogen and oxygen atoms in total. The average molecular weight is 269 g/mol. The van der Waals surface area contributed by atoms with Gasteiger partial charge in [0.15, 0.2) is 0 Å². The molecule has 0 radical (unpaired) electrons. The Hall–Kier alpha value is -1.01. The highest BCUT2D eigenvalue weighted by atomic mass is 32.2. The van der Waals surface area contributed by atoms with Crippen LogP contribution in [0.2, 0.25) is 0 Å². The zero-order chi connectivity index (χ0) is 12.3. The molecule has 0 spiro atoms. The highest BCUT2D eigenvalue weighted by Gasteiger charge is 2.17. The van der Waals surface area contributed by atoms with Crippen molar-refractivity contribution in [3.05, 3.63) is 23.9 Å². The maximum absolute atomic E-state index is 11.2. The van der Waals surface area contributed by atoms with Crippen LogP contribution >= 0.6 is 12.2 Å². The van der Waals surface area contributed by atoms with E-state index in [1.165, 1.54) is 0 Å². The summed E-state index contributed by atoms with van der Waals surface area (Å²) in [5.41, 5.74) is 6.27. The number of pyridine rings is 1. The second kappa shape index (κ2) is 5.55. The number of nitrogens with zero attached hydrogens (tertiary/aromatic N) is 1. The quantitative estimate of drug-likeness (QED) is 0.803. The zero-order valence-electron chi connectivity index (χ0n) is 9.39. The molecule has 0 atom stereocenters. The normalized spacial score (nSPS) is 24.2. The fourth-order valence-corrected chi connectivity index (χ4v) is 3.19. The third-order valence-electron chi connectivity index (χ3n) is 2.79. The van der Waals surface area contributed by atoms with Gasteiger partial charge in [0.05, 0.1) is 0 Å². The van der Waals surface area contributed by atoms with Gasteiger partial charge in [-0.25, -0.2) is 4.98 Å². The van der Waals surface area contributed by atoms with E-state index in [-0.39, 0.29) is 0 Å². The molecule has 0 aliphatic carbocycles. The number of anilines is 1. The van der Waals surface area contributed by atoms with Crippen LogP contribution in [0.15, 0.2) is 18.3 Å². The summed E-state index contributed by atoms with van der Waals surface area (Å²) in [5.74, 6) is 2.38. The van der Waals surface area contributed by atoms with Crippen molar-refractivity contribution in [3.8, 4) is 0 Å². The number of hydrogen-bond acceptors (Lipinski definition) is 4. The molecule has 0 bridgehead atoms. The maximum atomic E-state index is 11.2. The van der Waals surface area contributed by atoms with Crippen LogP contribution in [0.5, 0.6) is 0 Å². The van der Waals surface area contributed by atoms with Crippen molar-refractivity contribution in [2.45, 2.75) is 18.9 Å². The van der Waals surface area contributed by atoms with Crippen LogP contribution in [-0.2, 0) is 10.8 Å². The van der Waals surface area contributed by atoms with Gasteiger partial charge in [0.2, 0.25) is 0 Å². The third-order valence-corrected chi connectivity index (χ3v) is 4.41. The Balaban J connectivity index is 1.95. The molecular formula is C11H15N3OS2. The lowest BCUT2D eigenvalue weighted by Crippen LogP contribution is -2.29. The second-order valence-corrected chi connectivity index (χ2v) is 6.20. The minimum absolute atomic E-state index is 0.358. The molecule has 3 N–H and O–H groups in total. The van der Waals surface area contributed by atoms with Crippen molar-refractivity contribution >= 4 is 33.8 Å². The topological polar surface area (TPSA) is 68.0 Å². The molecule has 1 aromatic rings. The second-order valence-electron chi connectivity index (χ2n) is 4.06. The monoisotopic (exact) mass is 269 g/mol. The smallest absolute Gasteiger partial charge is 0.126 e. The van der Waals surface area contributed by atoms with Crippen molar-refractivity contribution < 1.29 is 4.21 Å². The summed E-state index contributed by atoms with van der Waals surface area (Å²) >= 11 is 4.86. The molecular weight excluding hydrogens is 254 g/mol. The van der Waals surface area contributed by atoms with Gasteiger partial charge in [-0.2, -0.15) is 0 Å². The van der Waals surface area contributed by atoms with Gasteiger partial charge >= 0.3 is 0 Å². The lowest BCUT2D eigenvalue weighted by atomic mass is 10.1. The Kier molecular flexibility index (Phi) is 4.06. The van der Waals surface area contributed by atoms with Crippen LogP contribution < -0.4 is 11.1 Å². The molecule has 1 aliphatic rings. The first kappa shape index (κ1) is 12.4. The van der Waals surface area contributed by atoms with E-state index < -0.39 is 10.8 Å². The van der Waals surface area contributed by atoms with E-state index in [0.29, 0.717) is 11.0 Å². The average Bonchev–Trinajstić information content (AvgIpc) is 2.33. The number of hydrogen-bond donors (Lipinski definition) is 2. The number of rotatable bonds is 3. The Morgan fingerprint density at radius 2 is 2.18 bits per heavy atom. The molecule has 1 saturated heterocycles. The van der Waals surface area contributed by atoms with Gasteiger partial charge in [0, 0.05) is 40.1 Å². The van der Waals surface area contributed by atoms with Gasteiger partial charge in [0.1, 0.15) is 10.8 Å². The number of nitrogens with two attached hydrogens (primary N) is 1. The summed E-state index contributed by atoms with van der Waals surface area (Å²) in [6.45, 7) is 0. The molecule has 0 unspecified atom stereocenters. The minimum Gasteiger partial charge on any atom is -0.389 e. The number of thiocarbonyl (C=S) groups is 1. The Labute approximate surface area is 108 Å². The highest BCUT2D eigenvalue weighted by molar-refractivity contribution is 7.85. The predicted octanol–water partition coefficient (Wildman–Crippen LogP) is 1.04. The van der Waals surface area contributed by atoms with Gasteiger partial charge in [-0.15, -0.1) is 0 Å². The van der Waals surface area contributed by atoms with E-state index in [9.17, 15) is 4.21 Å². The zero-order valence-corrected chi connectivity index (χ0v) is 11.0. The lowest BCUT2D eigenvalue weighted by Gasteiger charge is -2.22. The van der Waals surface area contributed by atoms with E-state index in [4.69, 9.17) is 18.0 Å². The molecule has 1 aliphatic heterocycles. The molecule has 0 aromatic carbocycles. The molecule has 6 heteroatoms. The standard InChI is InChI=1S/C11H15N3OS2/c12-11(16)8-1-2-10(13-7-8)14-9-3-5-17(15)6-4-9/h1-2,7,9H,3-6H2,(H2,12,16)(H,13,14). The molecule has 2 heterocycles. The van der Waals surface area contributed by atoms with E-state index >= 15 is 0 Å². The summed E-state index contributed by atoms with van der Waals surface area (Å²) in [4.78, 5) is 4.62. The predicted molar refractivity (Wildman–Crippen MR) is 74.6 cm³/mol. The Morgan fingerprint density at radius 3 is 2.71 bits per heavy atom. The van der Waals surface area contributed by atoms with E-state index in [0.717, 1.165) is 35.7 Å². The fourth-order valence-electron chi connectivity index (χ4n) is 1.77. The van der Waals surface area contributed by atoms with Crippen LogP contribution in [0.1, 0.15) is 18.4 Å². The van der Waals surface area contributed by atoms with E-state index in [2.05, 4.69) is 10.3 Å². The molecule has 1 fully saturated rings. The lowest BCUT2D eigenvalue weighted by molar-refractivity contribution is 0.622.